The van der Waals surface area contributed by atoms with Crippen LogP contribution in [-0.2, 0) is 6.42 Å². The summed E-state index contributed by atoms with van der Waals surface area (Å²) in [6, 6.07) is 4.99. The lowest BCUT2D eigenvalue weighted by atomic mass is 10.00. The first-order valence-corrected chi connectivity index (χ1v) is 8.71. The number of anilines is 2. The number of hydrogen-bond acceptors (Lipinski definition) is 3. The van der Waals surface area contributed by atoms with Crippen molar-refractivity contribution < 1.29 is 13.9 Å². The highest BCUT2D eigenvalue weighted by Crippen LogP contribution is 2.29. The minimum absolute atomic E-state index is 0.0722. The smallest absolute Gasteiger partial charge is 0.130 e. The minimum atomic E-state index is -1.05. The van der Waals surface area contributed by atoms with E-state index in [4.69, 9.17) is 34.7 Å². The molecule has 0 aliphatic carbocycles. The molecule has 1 unspecified atom stereocenters. The zero-order valence-electron chi connectivity index (χ0n) is 14.1. The molecule has 25 heavy (non-hydrogen) atoms. The quantitative estimate of drug-likeness (QED) is 0.588. The number of aliphatic hydroxyl groups is 1. The first-order chi connectivity index (χ1) is 11.8. The SMILES string of the molecule is CC.Nc1cc(CCCC(O)c2cc(N)c(Cl)cc2F)c(F)cc1Cl. The van der Waals surface area contributed by atoms with Gasteiger partial charge in [-0.2, -0.15) is 0 Å². The summed E-state index contributed by atoms with van der Waals surface area (Å²) >= 11 is 11.4. The number of aliphatic hydroxyl groups excluding tert-OH is 1. The summed E-state index contributed by atoms with van der Waals surface area (Å²) in [6.07, 6.45) is -0.0435. The highest BCUT2D eigenvalue weighted by atomic mass is 35.5. The van der Waals surface area contributed by atoms with Crippen molar-refractivity contribution in [3.63, 3.8) is 0 Å². The van der Waals surface area contributed by atoms with Crippen molar-refractivity contribution in [2.75, 3.05) is 11.5 Å². The maximum absolute atomic E-state index is 13.8. The monoisotopic (exact) mass is 390 g/mol. The average molecular weight is 391 g/mol. The van der Waals surface area contributed by atoms with Gasteiger partial charge in [0.15, 0.2) is 0 Å². The third-order valence-corrected chi connectivity index (χ3v) is 4.22. The van der Waals surface area contributed by atoms with E-state index in [9.17, 15) is 13.9 Å². The third-order valence-electron chi connectivity index (χ3n) is 3.56. The van der Waals surface area contributed by atoms with Gasteiger partial charge in [-0.1, -0.05) is 37.0 Å². The van der Waals surface area contributed by atoms with Gasteiger partial charge in [-0.3, -0.25) is 0 Å². The van der Waals surface area contributed by atoms with E-state index in [2.05, 4.69) is 0 Å². The summed E-state index contributed by atoms with van der Waals surface area (Å²) in [5.41, 5.74) is 12.2. The van der Waals surface area contributed by atoms with Crippen LogP contribution in [0.25, 0.3) is 0 Å². The molecule has 5 N–H and O–H groups in total. The highest BCUT2D eigenvalue weighted by Gasteiger charge is 2.15. The second-order valence-electron chi connectivity index (χ2n) is 5.27. The number of aryl methyl sites for hydroxylation is 1. The number of nitrogen functional groups attached to an aromatic ring is 2. The van der Waals surface area contributed by atoms with Crippen LogP contribution < -0.4 is 11.5 Å². The molecule has 0 fully saturated rings. The number of benzene rings is 2. The Labute approximate surface area is 156 Å². The molecule has 0 heterocycles. The second kappa shape index (κ2) is 9.80. The summed E-state index contributed by atoms with van der Waals surface area (Å²) in [7, 11) is 0. The predicted octanol–water partition coefficient (Wildman–Crippen LogP) is 5.52. The van der Waals surface area contributed by atoms with Gasteiger partial charge in [-0.25, -0.2) is 8.78 Å². The Bertz CT molecular complexity index is 727. The van der Waals surface area contributed by atoms with Crippen molar-refractivity contribution in [3.8, 4) is 0 Å². The molecular formula is C18H22Cl2F2N2O. The zero-order chi connectivity index (χ0) is 19.1. The van der Waals surface area contributed by atoms with Crippen molar-refractivity contribution in [2.24, 2.45) is 0 Å². The second-order valence-corrected chi connectivity index (χ2v) is 6.08. The van der Waals surface area contributed by atoms with Crippen LogP contribution in [0.15, 0.2) is 24.3 Å². The standard InChI is InChI=1S/C16H16Cl2F2N2O.C2H6/c17-10-6-12(19)8(4-14(10)21)2-1-3-16(23)9-5-15(22)11(18)7-13(9)20;1-2/h4-7,16,23H,1-3,21-22H2;1-2H3. The van der Waals surface area contributed by atoms with Crippen LogP contribution >= 0.6 is 23.2 Å². The molecule has 0 spiro atoms. The van der Waals surface area contributed by atoms with Gasteiger partial charge >= 0.3 is 0 Å². The Balaban J connectivity index is 0.00000151. The summed E-state index contributed by atoms with van der Waals surface area (Å²) in [6.45, 7) is 4.00. The summed E-state index contributed by atoms with van der Waals surface area (Å²) in [5, 5.41) is 10.3. The molecule has 138 valence electrons. The Morgan fingerprint density at radius 2 is 1.48 bits per heavy atom. The number of halogens is 4. The lowest BCUT2D eigenvalue weighted by molar-refractivity contribution is 0.160. The van der Waals surface area contributed by atoms with Crippen LogP contribution in [0.2, 0.25) is 10.0 Å². The van der Waals surface area contributed by atoms with E-state index in [1.165, 1.54) is 12.1 Å². The molecule has 7 heteroatoms. The van der Waals surface area contributed by atoms with Crippen LogP contribution in [0.3, 0.4) is 0 Å². The maximum Gasteiger partial charge on any atom is 0.130 e. The fourth-order valence-corrected chi connectivity index (χ4v) is 2.59. The van der Waals surface area contributed by atoms with Crippen LogP contribution in [0.4, 0.5) is 20.2 Å². The van der Waals surface area contributed by atoms with Crippen LogP contribution in [0.5, 0.6) is 0 Å². The third kappa shape index (κ3) is 5.73. The van der Waals surface area contributed by atoms with Crippen LogP contribution in [0, 0.1) is 11.6 Å². The molecule has 0 bridgehead atoms. The van der Waals surface area contributed by atoms with Crippen molar-refractivity contribution in [1.29, 1.82) is 0 Å². The van der Waals surface area contributed by atoms with Gasteiger partial charge in [0.05, 0.1) is 27.5 Å². The molecule has 0 saturated carbocycles. The van der Waals surface area contributed by atoms with Gasteiger partial charge in [-0.15, -0.1) is 0 Å². The molecule has 3 nitrogen and oxygen atoms in total. The summed E-state index contributed by atoms with van der Waals surface area (Å²) < 4.78 is 27.5. The molecule has 2 rings (SSSR count). The number of hydrogen-bond donors (Lipinski definition) is 3. The van der Waals surface area contributed by atoms with Crippen molar-refractivity contribution >= 4 is 34.6 Å². The van der Waals surface area contributed by atoms with Gasteiger partial charge < -0.3 is 16.6 Å². The van der Waals surface area contributed by atoms with Crippen LogP contribution in [0.1, 0.15) is 43.9 Å². The van der Waals surface area contributed by atoms with Gasteiger partial charge in [0.25, 0.3) is 0 Å². The molecule has 2 aromatic rings. The Kier molecular flexibility index (Phi) is 8.42. The fraction of sp³-hybridized carbons (Fsp3) is 0.333. The lowest BCUT2D eigenvalue weighted by Gasteiger charge is -2.14. The van der Waals surface area contributed by atoms with Crippen LogP contribution in [-0.4, -0.2) is 5.11 Å². The van der Waals surface area contributed by atoms with Gasteiger partial charge in [0.2, 0.25) is 0 Å². The molecule has 0 saturated heterocycles. The van der Waals surface area contributed by atoms with Crippen molar-refractivity contribution in [1.82, 2.24) is 0 Å². The Morgan fingerprint density at radius 1 is 0.960 bits per heavy atom. The Hall–Kier alpha value is -1.56. The van der Waals surface area contributed by atoms with E-state index in [1.807, 2.05) is 13.8 Å². The molecule has 0 aliphatic heterocycles. The first kappa shape index (κ1) is 21.5. The fourth-order valence-electron chi connectivity index (χ4n) is 2.28. The van der Waals surface area contributed by atoms with Gasteiger partial charge in [-0.05, 0) is 49.1 Å². The average Bonchev–Trinajstić information content (AvgIpc) is 2.57. The van der Waals surface area contributed by atoms with E-state index in [0.29, 0.717) is 24.1 Å². The van der Waals surface area contributed by atoms with Crippen molar-refractivity contribution in [3.05, 3.63) is 57.1 Å². The van der Waals surface area contributed by atoms with Crippen molar-refractivity contribution in [2.45, 2.75) is 39.2 Å². The minimum Gasteiger partial charge on any atom is -0.398 e. The number of rotatable bonds is 5. The molecule has 0 amide bonds. The molecular weight excluding hydrogens is 369 g/mol. The topological polar surface area (TPSA) is 72.3 Å². The van der Waals surface area contributed by atoms with E-state index in [0.717, 1.165) is 12.1 Å². The van der Waals surface area contributed by atoms with Gasteiger partial charge in [0, 0.05) is 5.56 Å². The summed E-state index contributed by atoms with van der Waals surface area (Å²) in [5.74, 6) is -1.08. The number of nitrogens with two attached hydrogens (primary N) is 2. The largest absolute Gasteiger partial charge is 0.398 e. The lowest BCUT2D eigenvalue weighted by Crippen LogP contribution is -2.04. The predicted molar refractivity (Wildman–Crippen MR) is 101 cm³/mol. The first-order valence-electron chi connectivity index (χ1n) is 7.95. The van der Waals surface area contributed by atoms with E-state index >= 15 is 0 Å². The van der Waals surface area contributed by atoms with E-state index < -0.39 is 17.7 Å². The van der Waals surface area contributed by atoms with E-state index in [1.54, 1.807) is 0 Å². The summed E-state index contributed by atoms with van der Waals surface area (Å²) in [4.78, 5) is 0. The molecule has 0 radical (unpaired) electrons. The Morgan fingerprint density at radius 3 is 2.08 bits per heavy atom. The van der Waals surface area contributed by atoms with Gasteiger partial charge in [0.1, 0.15) is 11.6 Å². The molecule has 1 atom stereocenters. The maximum atomic E-state index is 13.8. The molecule has 2 aromatic carbocycles. The normalized spacial score (nSPS) is 11.6. The highest BCUT2D eigenvalue weighted by molar-refractivity contribution is 6.33. The zero-order valence-corrected chi connectivity index (χ0v) is 15.6. The molecule has 0 aliphatic rings. The molecule has 0 aromatic heterocycles. The van der Waals surface area contributed by atoms with E-state index in [-0.39, 0.29) is 27.7 Å².